The van der Waals surface area contributed by atoms with Crippen LogP contribution in [0.2, 0.25) is 0 Å². The number of hydrogen-bond acceptors (Lipinski definition) is 6. The van der Waals surface area contributed by atoms with Crippen molar-refractivity contribution in [3.05, 3.63) is 156 Å². The van der Waals surface area contributed by atoms with Crippen LogP contribution < -0.4 is 20.1 Å². The van der Waals surface area contributed by atoms with E-state index in [4.69, 9.17) is 19.7 Å². The maximum absolute atomic E-state index is 12.1. The lowest BCUT2D eigenvalue weighted by molar-refractivity contribution is -0.126. The molecule has 0 bridgehead atoms. The average Bonchev–Trinajstić information content (AvgIpc) is 3.85. The zero-order chi connectivity index (χ0) is 44.4. The molecular weight excluding hydrogens is 777 g/mol. The summed E-state index contributed by atoms with van der Waals surface area (Å²) in [6.45, 7) is 14.2. The molecule has 0 spiro atoms. The highest BCUT2D eigenvalue weighted by Crippen LogP contribution is 2.24. The Labute approximate surface area is 367 Å². The van der Waals surface area contributed by atoms with Gasteiger partial charge >= 0.3 is 0 Å². The van der Waals surface area contributed by atoms with Crippen molar-refractivity contribution >= 4 is 11.8 Å². The summed E-state index contributed by atoms with van der Waals surface area (Å²) in [5.41, 5.74) is 9.37. The number of aliphatic hydroxyl groups is 2. The SMILES string of the molecule is Cc1ccc(-c2ccccc2)n1CCOc1ccc(C[C@@H](C)C(=O)N[C@H](C)CO)cc1.Cc1ccc(-c2ccccc2)n1CCOc1ccc(C[C@H](C)C(=O)N[C@H](C)CO)cc1. The predicted molar refractivity (Wildman–Crippen MR) is 248 cm³/mol. The van der Waals surface area contributed by atoms with Crippen molar-refractivity contribution in [1.29, 1.82) is 0 Å². The fraction of sp³-hybridized carbons (Fsp3) is 0.346. The van der Waals surface area contributed by atoms with Gasteiger partial charge in [0.25, 0.3) is 0 Å². The third kappa shape index (κ3) is 14.0. The molecule has 2 amide bonds. The summed E-state index contributed by atoms with van der Waals surface area (Å²) in [7, 11) is 0. The van der Waals surface area contributed by atoms with Crippen LogP contribution in [0.15, 0.2) is 133 Å². The number of amides is 2. The number of rotatable bonds is 20. The standard InChI is InChI=1S/2C26H32N2O3/c2*1-19(26(30)27-20(2)18-29)17-22-10-12-24(13-11-22)31-16-15-28-21(3)9-14-25(28)23-7-5-4-6-8-23/h2*4-14,19-20,29H,15-18H2,1-3H3,(H,27,30)/t19-,20+;19-,20-/m01/s1. The number of carbonyl (C=O) groups is 2. The van der Waals surface area contributed by atoms with Crippen LogP contribution in [0.3, 0.4) is 0 Å². The van der Waals surface area contributed by atoms with Gasteiger partial charge in [0.05, 0.1) is 26.3 Å². The lowest BCUT2D eigenvalue weighted by Crippen LogP contribution is -2.38. The van der Waals surface area contributed by atoms with E-state index in [0.29, 0.717) is 26.1 Å². The van der Waals surface area contributed by atoms with Gasteiger partial charge < -0.3 is 39.5 Å². The van der Waals surface area contributed by atoms with E-state index >= 15 is 0 Å². The molecular formula is C52H64N4O6. The molecule has 4 aromatic carbocycles. The molecule has 4 atom stereocenters. The Morgan fingerprint density at radius 3 is 1.21 bits per heavy atom. The van der Waals surface area contributed by atoms with E-state index in [2.05, 4.69) is 106 Å². The largest absolute Gasteiger partial charge is 0.492 e. The first kappa shape index (κ1) is 47.0. The van der Waals surface area contributed by atoms with Gasteiger partial charge in [0.15, 0.2) is 0 Å². The van der Waals surface area contributed by atoms with Gasteiger partial charge in [-0.05, 0) is 111 Å². The molecule has 0 saturated carbocycles. The quantitative estimate of drug-likeness (QED) is 0.0612. The third-order valence-electron chi connectivity index (χ3n) is 10.9. The number of nitrogens with zero attached hydrogens (tertiary/aromatic N) is 2. The molecule has 0 aliphatic rings. The van der Waals surface area contributed by atoms with Crippen molar-refractivity contribution in [1.82, 2.24) is 19.8 Å². The zero-order valence-corrected chi connectivity index (χ0v) is 37.1. The molecule has 0 radical (unpaired) electrons. The van der Waals surface area contributed by atoms with Crippen LogP contribution in [0, 0.1) is 25.7 Å². The average molecular weight is 841 g/mol. The van der Waals surface area contributed by atoms with Gasteiger partial charge in [-0.15, -0.1) is 0 Å². The molecule has 0 unspecified atom stereocenters. The van der Waals surface area contributed by atoms with Crippen LogP contribution in [0.25, 0.3) is 22.5 Å². The van der Waals surface area contributed by atoms with E-state index in [9.17, 15) is 9.59 Å². The topological polar surface area (TPSA) is 127 Å². The summed E-state index contributed by atoms with van der Waals surface area (Å²) in [5, 5.41) is 23.8. The van der Waals surface area contributed by atoms with Crippen LogP contribution in [0.4, 0.5) is 0 Å². The van der Waals surface area contributed by atoms with Crippen molar-refractivity contribution in [2.75, 3.05) is 26.4 Å². The first-order valence-electron chi connectivity index (χ1n) is 21.6. The number of benzene rings is 4. The van der Waals surface area contributed by atoms with Crippen LogP contribution in [0.1, 0.15) is 50.2 Å². The highest BCUT2D eigenvalue weighted by atomic mass is 16.5. The highest BCUT2D eigenvalue weighted by molar-refractivity contribution is 5.79. The van der Waals surface area contributed by atoms with Gasteiger partial charge in [0.1, 0.15) is 24.7 Å². The second-order valence-corrected chi connectivity index (χ2v) is 16.1. The molecule has 0 aliphatic carbocycles. The minimum atomic E-state index is -0.225. The number of carbonyl (C=O) groups excluding carboxylic acids is 2. The van der Waals surface area contributed by atoms with Gasteiger partial charge in [-0.2, -0.15) is 0 Å². The fourth-order valence-electron chi connectivity index (χ4n) is 7.16. The van der Waals surface area contributed by atoms with Crippen molar-refractivity contribution in [2.24, 2.45) is 11.8 Å². The first-order chi connectivity index (χ1) is 29.9. The molecule has 10 heteroatoms. The molecule has 4 N–H and O–H groups in total. The number of hydrogen-bond donors (Lipinski definition) is 4. The van der Waals surface area contributed by atoms with E-state index in [1.807, 2.05) is 74.5 Å². The molecule has 6 aromatic rings. The Hall–Kier alpha value is -6.10. The Bertz CT molecular complexity index is 2090. The fourth-order valence-corrected chi connectivity index (χ4v) is 7.16. The van der Waals surface area contributed by atoms with Crippen molar-refractivity contribution in [3.8, 4) is 34.0 Å². The predicted octanol–water partition coefficient (Wildman–Crippen LogP) is 8.44. The molecule has 0 saturated heterocycles. The van der Waals surface area contributed by atoms with E-state index < -0.39 is 0 Å². The Morgan fingerprint density at radius 2 is 0.871 bits per heavy atom. The van der Waals surface area contributed by atoms with Crippen molar-refractivity contribution in [2.45, 2.75) is 79.6 Å². The highest BCUT2D eigenvalue weighted by Gasteiger charge is 2.17. The van der Waals surface area contributed by atoms with Gasteiger partial charge in [0.2, 0.25) is 11.8 Å². The first-order valence-corrected chi connectivity index (χ1v) is 21.6. The number of aryl methyl sites for hydroxylation is 2. The maximum Gasteiger partial charge on any atom is 0.223 e. The second-order valence-electron chi connectivity index (χ2n) is 16.1. The lowest BCUT2D eigenvalue weighted by Gasteiger charge is -2.16. The number of nitrogens with one attached hydrogen (secondary N) is 2. The molecule has 6 rings (SSSR count). The number of aromatic nitrogens is 2. The summed E-state index contributed by atoms with van der Waals surface area (Å²) in [5.74, 6) is 1.24. The van der Waals surface area contributed by atoms with E-state index in [0.717, 1.165) is 35.7 Å². The smallest absolute Gasteiger partial charge is 0.223 e. The van der Waals surface area contributed by atoms with Gasteiger partial charge in [0, 0.05) is 46.7 Å². The van der Waals surface area contributed by atoms with Crippen molar-refractivity contribution in [3.63, 3.8) is 0 Å². The molecule has 0 aliphatic heterocycles. The third-order valence-corrected chi connectivity index (χ3v) is 10.9. The van der Waals surface area contributed by atoms with E-state index in [1.165, 1.54) is 33.9 Å². The van der Waals surface area contributed by atoms with E-state index in [1.54, 1.807) is 13.8 Å². The maximum atomic E-state index is 12.1. The minimum absolute atomic E-state index is 0.0433. The Morgan fingerprint density at radius 1 is 0.516 bits per heavy atom. The number of aliphatic hydroxyl groups excluding tert-OH is 2. The van der Waals surface area contributed by atoms with Crippen LogP contribution >= 0.6 is 0 Å². The summed E-state index contributed by atoms with van der Waals surface area (Å²) in [4.78, 5) is 24.3. The molecule has 328 valence electrons. The summed E-state index contributed by atoms with van der Waals surface area (Å²) in [6.07, 6.45) is 1.29. The lowest BCUT2D eigenvalue weighted by atomic mass is 10.00. The molecule has 2 heterocycles. The van der Waals surface area contributed by atoms with Crippen LogP contribution in [-0.2, 0) is 35.5 Å². The summed E-state index contributed by atoms with van der Waals surface area (Å²) >= 11 is 0. The Kier molecular flexibility index (Phi) is 18.0. The molecule has 2 aromatic heterocycles. The van der Waals surface area contributed by atoms with Gasteiger partial charge in [-0.1, -0.05) is 98.8 Å². The molecule has 0 fully saturated rings. The second kappa shape index (κ2) is 23.8. The van der Waals surface area contributed by atoms with Crippen molar-refractivity contribution < 1.29 is 29.3 Å². The zero-order valence-electron chi connectivity index (χ0n) is 37.1. The summed E-state index contributed by atoms with van der Waals surface area (Å²) < 4.78 is 16.5. The number of ether oxygens (including phenoxy) is 2. The van der Waals surface area contributed by atoms with Gasteiger partial charge in [-0.25, -0.2) is 0 Å². The van der Waals surface area contributed by atoms with Crippen LogP contribution in [-0.4, -0.2) is 69.7 Å². The van der Waals surface area contributed by atoms with Crippen LogP contribution in [0.5, 0.6) is 11.5 Å². The normalized spacial score (nSPS) is 12.9. The molecule has 10 nitrogen and oxygen atoms in total. The van der Waals surface area contributed by atoms with Gasteiger partial charge in [-0.3, -0.25) is 9.59 Å². The minimum Gasteiger partial charge on any atom is -0.492 e. The molecule has 62 heavy (non-hydrogen) atoms. The Balaban J connectivity index is 0.000000234. The summed E-state index contributed by atoms with van der Waals surface area (Å²) in [6, 6.07) is 44.7. The van der Waals surface area contributed by atoms with E-state index in [-0.39, 0.29) is 48.9 Å². The monoisotopic (exact) mass is 840 g/mol.